The molecule has 27 heavy (non-hydrogen) atoms. The van der Waals surface area contributed by atoms with E-state index in [2.05, 4.69) is 16.0 Å². The maximum Gasteiger partial charge on any atom is 0.329 e. The Morgan fingerprint density at radius 1 is 1.00 bits per heavy atom. The molecule has 0 saturated carbocycles. The molecule has 0 spiro atoms. The zero-order valence-corrected chi connectivity index (χ0v) is 15.2. The van der Waals surface area contributed by atoms with Gasteiger partial charge in [-0.25, -0.2) is 9.59 Å². The Bertz CT molecular complexity index is 831. The van der Waals surface area contributed by atoms with E-state index in [0.29, 0.717) is 15.6 Å². The average Bonchev–Trinajstić information content (AvgIpc) is 3.11. The Balaban J connectivity index is 1.61. The Hall–Kier alpha value is -2.91. The standard InChI is InChI=1S/C18H19N3O5S/c22-15(21-18(16(23)24)8-10-26-11-9-18)13-6-7-14(27-13)20-17(25)19-12-4-2-1-3-5-12/h1-7H,8-11H2,(H,21,22)(H,23,24)(H2,19,20,25). The first-order valence-electron chi connectivity index (χ1n) is 8.35. The largest absolute Gasteiger partial charge is 0.480 e. The van der Waals surface area contributed by atoms with Crippen molar-refractivity contribution in [2.45, 2.75) is 18.4 Å². The fourth-order valence-corrected chi connectivity index (χ4v) is 3.51. The van der Waals surface area contributed by atoms with E-state index < -0.39 is 23.4 Å². The van der Waals surface area contributed by atoms with Gasteiger partial charge in [0.1, 0.15) is 5.54 Å². The van der Waals surface area contributed by atoms with Gasteiger partial charge in [-0.15, -0.1) is 11.3 Å². The number of rotatable bonds is 5. The van der Waals surface area contributed by atoms with Crippen LogP contribution in [0.2, 0.25) is 0 Å². The van der Waals surface area contributed by atoms with Crippen LogP contribution < -0.4 is 16.0 Å². The average molecular weight is 389 g/mol. The molecule has 0 atom stereocenters. The maximum absolute atomic E-state index is 12.5. The summed E-state index contributed by atoms with van der Waals surface area (Å²) in [6.45, 7) is 0.562. The van der Waals surface area contributed by atoms with Crippen LogP contribution >= 0.6 is 11.3 Å². The molecule has 3 amide bonds. The number of thiophene rings is 1. The summed E-state index contributed by atoms with van der Waals surface area (Å²) in [6, 6.07) is 11.7. The topological polar surface area (TPSA) is 117 Å². The molecule has 0 aliphatic carbocycles. The molecule has 8 nitrogen and oxygen atoms in total. The van der Waals surface area contributed by atoms with E-state index in [0.717, 1.165) is 11.3 Å². The van der Waals surface area contributed by atoms with Gasteiger partial charge >= 0.3 is 12.0 Å². The Morgan fingerprint density at radius 2 is 1.70 bits per heavy atom. The van der Waals surface area contributed by atoms with E-state index in [1.807, 2.05) is 6.07 Å². The number of carbonyl (C=O) groups is 3. The minimum Gasteiger partial charge on any atom is -0.480 e. The van der Waals surface area contributed by atoms with Gasteiger partial charge in [-0.3, -0.25) is 10.1 Å². The number of benzene rings is 1. The molecule has 1 fully saturated rings. The van der Waals surface area contributed by atoms with Crippen LogP contribution in [0.3, 0.4) is 0 Å². The lowest BCUT2D eigenvalue weighted by atomic mass is 9.90. The molecule has 0 bridgehead atoms. The third kappa shape index (κ3) is 4.63. The molecule has 2 aromatic rings. The van der Waals surface area contributed by atoms with Crippen LogP contribution in [0.15, 0.2) is 42.5 Å². The second-order valence-electron chi connectivity index (χ2n) is 6.06. The number of carbonyl (C=O) groups excluding carboxylic acids is 2. The number of hydrogen-bond donors (Lipinski definition) is 4. The van der Waals surface area contributed by atoms with Crippen molar-refractivity contribution in [3.05, 3.63) is 47.3 Å². The fraction of sp³-hybridized carbons (Fsp3) is 0.278. The monoisotopic (exact) mass is 389 g/mol. The number of urea groups is 1. The van der Waals surface area contributed by atoms with E-state index >= 15 is 0 Å². The van der Waals surface area contributed by atoms with Gasteiger partial charge in [0, 0.05) is 31.7 Å². The molecule has 2 heterocycles. The van der Waals surface area contributed by atoms with E-state index in [9.17, 15) is 19.5 Å². The zero-order valence-electron chi connectivity index (χ0n) is 14.4. The summed E-state index contributed by atoms with van der Waals surface area (Å²) in [4.78, 5) is 36.4. The van der Waals surface area contributed by atoms with Gasteiger partial charge in [-0.05, 0) is 24.3 Å². The number of carboxylic acids is 1. The number of nitrogens with one attached hydrogen (secondary N) is 3. The Kier molecular flexibility index (Phi) is 5.72. The van der Waals surface area contributed by atoms with Gasteiger partial charge in [0.2, 0.25) is 0 Å². The van der Waals surface area contributed by atoms with E-state index in [-0.39, 0.29) is 26.1 Å². The minimum absolute atomic E-state index is 0.212. The summed E-state index contributed by atoms with van der Waals surface area (Å²) in [7, 11) is 0. The second-order valence-corrected chi connectivity index (χ2v) is 7.15. The van der Waals surface area contributed by atoms with Crippen LogP contribution in [0, 0.1) is 0 Å². The van der Waals surface area contributed by atoms with Gasteiger partial charge in [-0.2, -0.15) is 0 Å². The Morgan fingerprint density at radius 3 is 2.37 bits per heavy atom. The van der Waals surface area contributed by atoms with Crippen LogP contribution in [0.4, 0.5) is 15.5 Å². The summed E-state index contributed by atoms with van der Waals surface area (Å²) in [6.07, 6.45) is 0.425. The van der Waals surface area contributed by atoms with Crippen LogP contribution in [-0.4, -0.2) is 41.8 Å². The lowest BCUT2D eigenvalue weighted by Gasteiger charge is -2.33. The van der Waals surface area contributed by atoms with Crippen molar-refractivity contribution >= 4 is 39.9 Å². The summed E-state index contributed by atoms with van der Waals surface area (Å²) in [5.74, 6) is -1.56. The third-order valence-corrected chi connectivity index (χ3v) is 5.21. The van der Waals surface area contributed by atoms with Crippen molar-refractivity contribution in [3.63, 3.8) is 0 Å². The highest BCUT2D eigenvalue weighted by Gasteiger charge is 2.41. The quantitative estimate of drug-likeness (QED) is 0.627. The van der Waals surface area contributed by atoms with Gasteiger partial charge in [-0.1, -0.05) is 18.2 Å². The predicted octanol–water partition coefficient (Wildman–Crippen LogP) is 2.76. The molecule has 142 valence electrons. The molecule has 1 saturated heterocycles. The van der Waals surface area contributed by atoms with E-state index in [1.54, 1.807) is 36.4 Å². The molecule has 0 radical (unpaired) electrons. The molecular weight excluding hydrogens is 370 g/mol. The second kappa shape index (κ2) is 8.19. The van der Waals surface area contributed by atoms with Crippen molar-refractivity contribution in [1.29, 1.82) is 0 Å². The fourth-order valence-electron chi connectivity index (χ4n) is 2.71. The summed E-state index contributed by atoms with van der Waals surface area (Å²) in [5, 5.41) is 17.9. The third-order valence-electron chi connectivity index (χ3n) is 4.21. The highest BCUT2D eigenvalue weighted by atomic mass is 32.1. The first-order chi connectivity index (χ1) is 13.0. The molecule has 4 N–H and O–H groups in total. The van der Waals surface area contributed by atoms with Crippen molar-refractivity contribution in [2.24, 2.45) is 0 Å². The number of ether oxygens (including phenoxy) is 1. The molecule has 1 aromatic carbocycles. The molecule has 9 heteroatoms. The zero-order chi connectivity index (χ0) is 19.3. The minimum atomic E-state index is -1.32. The summed E-state index contributed by atoms with van der Waals surface area (Å²) < 4.78 is 5.19. The number of anilines is 2. The highest BCUT2D eigenvalue weighted by Crippen LogP contribution is 2.25. The SMILES string of the molecule is O=C(Nc1ccccc1)Nc1ccc(C(=O)NC2(C(=O)O)CCOCC2)s1. The smallest absolute Gasteiger partial charge is 0.329 e. The van der Waals surface area contributed by atoms with Crippen molar-refractivity contribution in [1.82, 2.24) is 5.32 Å². The molecule has 3 rings (SSSR count). The number of hydrogen-bond acceptors (Lipinski definition) is 5. The van der Waals surface area contributed by atoms with Crippen molar-refractivity contribution < 1.29 is 24.2 Å². The Labute approximate surface area is 159 Å². The van der Waals surface area contributed by atoms with Gasteiger partial charge in [0.25, 0.3) is 5.91 Å². The predicted molar refractivity (Wildman–Crippen MR) is 101 cm³/mol. The normalized spacial score (nSPS) is 15.6. The molecule has 1 aliphatic rings. The van der Waals surface area contributed by atoms with Gasteiger partial charge in [0.15, 0.2) is 0 Å². The number of para-hydroxylation sites is 1. The highest BCUT2D eigenvalue weighted by molar-refractivity contribution is 7.18. The van der Waals surface area contributed by atoms with E-state index in [4.69, 9.17) is 4.74 Å². The van der Waals surface area contributed by atoms with Crippen LogP contribution in [-0.2, 0) is 9.53 Å². The van der Waals surface area contributed by atoms with E-state index in [1.165, 1.54) is 0 Å². The van der Waals surface area contributed by atoms with Crippen LogP contribution in [0.1, 0.15) is 22.5 Å². The number of amides is 3. The molecule has 1 aromatic heterocycles. The van der Waals surface area contributed by atoms with Crippen LogP contribution in [0.5, 0.6) is 0 Å². The maximum atomic E-state index is 12.5. The lowest BCUT2D eigenvalue weighted by molar-refractivity contribution is -0.148. The molecular formula is C18H19N3O5S. The van der Waals surface area contributed by atoms with Crippen molar-refractivity contribution in [3.8, 4) is 0 Å². The first kappa shape index (κ1) is 18.9. The van der Waals surface area contributed by atoms with Crippen LogP contribution in [0.25, 0.3) is 0 Å². The lowest BCUT2D eigenvalue weighted by Crippen LogP contribution is -2.57. The first-order valence-corrected chi connectivity index (χ1v) is 9.17. The number of carboxylic acid groups (broad SMARTS) is 1. The van der Waals surface area contributed by atoms with Crippen molar-refractivity contribution in [2.75, 3.05) is 23.8 Å². The van der Waals surface area contributed by atoms with Gasteiger partial charge < -0.3 is 20.5 Å². The van der Waals surface area contributed by atoms with Gasteiger partial charge in [0.05, 0.1) is 9.88 Å². The summed E-state index contributed by atoms with van der Waals surface area (Å²) in [5.41, 5.74) is -0.676. The molecule has 0 unspecified atom stereocenters. The summed E-state index contributed by atoms with van der Waals surface area (Å²) >= 11 is 1.07. The number of aliphatic carboxylic acids is 1. The molecule has 1 aliphatic heterocycles.